The summed E-state index contributed by atoms with van der Waals surface area (Å²) in [5, 5.41) is 9.63. The lowest BCUT2D eigenvalue weighted by Crippen LogP contribution is -2.45. The summed E-state index contributed by atoms with van der Waals surface area (Å²) in [5.74, 6) is -1.13. The Morgan fingerprint density at radius 2 is 2.26 bits per heavy atom. The Morgan fingerprint density at radius 1 is 1.53 bits per heavy atom. The molecule has 1 saturated heterocycles. The second-order valence-electron chi connectivity index (χ2n) is 5.46. The number of hydrogen-bond acceptors (Lipinski definition) is 2. The first-order valence-electron chi connectivity index (χ1n) is 6.30. The van der Waals surface area contributed by atoms with Crippen LogP contribution >= 0.6 is 11.6 Å². The quantitative estimate of drug-likeness (QED) is 0.927. The van der Waals surface area contributed by atoms with Gasteiger partial charge in [-0.05, 0) is 50.1 Å². The number of rotatable bonds is 3. The Morgan fingerprint density at radius 3 is 2.89 bits per heavy atom. The van der Waals surface area contributed by atoms with E-state index in [-0.39, 0.29) is 5.82 Å². The maximum absolute atomic E-state index is 13.3. The molecule has 19 heavy (non-hydrogen) atoms. The number of carboxylic acid groups (broad SMARTS) is 1. The molecule has 0 aromatic heterocycles. The van der Waals surface area contributed by atoms with E-state index in [9.17, 15) is 14.3 Å². The first-order valence-corrected chi connectivity index (χ1v) is 6.68. The number of aliphatic carboxylic acids is 1. The van der Waals surface area contributed by atoms with Crippen LogP contribution in [0, 0.1) is 11.2 Å². The molecule has 1 fully saturated rings. The van der Waals surface area contributed by atoms with E-state index in [2.05, 4.69) is 0 Å². The van der Waals surface area contributed by atoms with Gasteiger partial charge in [0.25, 0.3) is 0 Å². The Balaban J connectivity index is 2.08. The summed E-state index contributed by atoms with van der Waals surface area (Å²) in [5.41, 5.74) is 0.0645. The molecule has 1 aromatic carbocycles. The molecule has 2 rings (SSSR count). The van der Waals surface area contributed by atoms with Crippen LogP contribution in [0.5, 0.6) is 0 Å². The number of likely N-dealkylation sites (tertiary alicyclic amines) is 1. The monoisotopic (exact) mass is 285 g/mol. The molecule has 1 unspecified atom stereocenters. The predicted molar refractivity (Wildman–Crippen MR) is 71.7 cm³/mol. The third-order valence-electron chi connectivity index (χ3n) is 3.62. The number of nitrogens with zero attached hydrogens (tertiary/aromatic N) is 1. The minimum absolute atomic E-state index is 0.361. The van der Waals surface area contributed by atoms with Gasteiger partial charge >= 0.3 is 5.97 Å². The molecule has 0 spiro atoms. The summed E-state index contributed by atoms with van der Waals surface area (Å²) >= 11 is 5.82. The van der Waals surface area contributed by atoms with Crippen LogP contribution in [0.1, 0.15) is 25.3 Å². The van der Waals surface area contributed by atoms with Crippen molar-refractivity contribution in [1.82, 2.24) is 4.90 Å². The zero-order chi connectivity index (χ0) is 14.0. The molecule has 0 amide bonds. The smallest absolute Gasteiger partial charge is 0.310 e. The fourth-order valence-electron chi connectivity index (χ4n) is 2.61. The molecule has 1 atom stereocenters. The zero-order valence-corrected chi connectivity index (χ0v) is 11.6. The molecule has 5 heteroatoms. The third-order valence-corrected chi connectivity index (χ3v) is 3.84. The van der Waals surface area contributed by atoms with Crippen molar-refractivity contribution in [1.29, 1.82) is 0 Å². The second-order valence-corrected chi connectivity index (χ2v) is 5.89. The highest BCUT2D eigenvalue weighted by atomic mass is 35.5. The van der Waals surface area contributed by atoms with E-state index in [0.717, 1.165) is 18.5 Å². The molecule has 0 radical (unpaired) electrons. The molecule has 1 aliphatic rings. The van der Waals surface area contributed by atoms with Crippen molar-refractivity contribution >= 4 is 17.6 Å². The first kappa shape index (κ1) is 14.3. The average molecular weight is 286 g/mol. The molecular formula is C14H17ClFNO2. The second kappa shape index (κ2) is 5.47. The normalized spacial score (nSPS) is 24.4. The molecule has 1 aliphatic heterocycles. The van der Waals surface area contributed by atoms with Crippen LogP contribution in [0.4, 0.5) is 4.39 Å². The van der Waals surface area contributed by atoms with Crippen LogP contribution in [-0.2, 0) is 11.3 Å². The van der Waals surface area contributed by atoms with Crippen molar-refractivity contribution in [2.24, 2.45) is 5.41 Å². The molecule has 3 nitrogen and oxygen atoms in total. The molecule has 1 N–H and O–H groups in total. The number of benzene rings is 1. The highest BCUT2D eigenvalue weighted by Crippen LogP contribution is 2.30. The van der Waals surface area contributed by atoms with Crippen molar-refractivity contribution in [3.63, 3.8) is 0 Å². The molecule has 0 aliphatic carbocycles. The maximum Gasteiger partial charge on any atom is 0.310 e. The molecule has 0 saturated carbocycles. The lowest BCUT2D eigenvalue weighted by atomic mass is 9.82. The van der Waals surface area contributed by atoms with Gasteiger partial charge in [0.05, 0.1) is 5.41 Å². The maximum atomic E-state index is 13.3. The van der Waals surface area contributed by atoms with E-state index in [1.807, 2.05) is 4.90 Å². The summed E-state index contributed by atoms with van der Waals surface area (Å²) in [6, 6.07) is 4.43. The van der Waals surface area contributed by atoms with Crippen LogP contribution in [-0.4, -0.2) is 29.1 Å². The van der Waals surface area contributed by atoms with E-state index in [1.54, 1.807) is 13.0 Å². The van der Waals surface area contributed by atoms with Crippen molar-refractivity contribution in [3.05, 3.63) is 34.6 Å². The van der Waals surface area contributed by atoms with Gasteiger partial charge in [0.15, 0.2) is 0 Å². The van der Waals surface area contributed by atoms with Crippen LogP contribution in [0.25, 0.3) is 0 Å². The Bertz CT molecular complexity index is 474. The third kappa shape index (κ3) is 3.45. The minimum Gasteiger partial charge on any atom is -0.481 e. The zero-order valence-electron chi connectivity index (χ0n) is 10.8. The van der Waals surface area contributed by atoms with E-state index in [1.165, 1.54) is 12.1 Å². The van der Waals surface area contributed by atoms with Crippen LogP contribution < -0.4 is 0 Å². The predicted octanol–water partition coefficient (Wildman–Crippen LogP) is 3.17. The van der Waals surface area contributed by atoms with Gasteiger partial charge < -0.3 is 5.11 Å². The van der Waals surface area contributed by atoms with Crippen LogP contribution in [0.3, 0.4) is 0 Å². The summed E-state index contributed by atoms with van der Waals surface area (Å²) < 4.78 is 13.3. The topological polar surface area (TPSA) is 40.5 Å². The molecular weight excluding hydrogens is 269 g/mol. The molecule has 104 valence electrons. The van der Waals surface area contributed by atoms with Crippen molar-refractivity contribution in [3.8, 4) is 0 Å². The number of hydrogen-bond donors (Lipinski definition) is 1. The summed E-state index contributed by atoms with van der Waals surface area (Å²) in [6.07, 6.45) is 1.52. The SMILES string of the molecule is CC1(C(=O)O)CCCN(Cc2cc(F)cc(Cl)c2)C1. The van der Waals surface area contributed by atoms with E-state index in [0.29, 0.717) is 24.5 Å². The van der Waals surface area contributed by atoms with Crippen molar-refractivity contribution in [2.75, 3.05) is 13.1 Å². The van der Waals surface area contributed by atoms with Gasteiger partial charge in [-0.15, -0.1) is 0 Å². The summed E-state index contributed by atoms with van der Waals surface area (Å²) in [6.45, 7) is 3.61. The summed E-state index contributed by atoms with van der Waals surface area (Å²) in [7, 11) is 0. The summed E-state index contributed by atoms with van der Waals surface area (Å²) in [4.78, 5) is 13.3. The van der Waals surface area contributed by atoms with Gasteiger partial charge in [-0.25, -0.2) is 4.39 Å². The van der Waals surface area contributed by atoms with Gasteiger partial charge in [-0.1, -0.05) is 11.6 Å². The van der Waals surface area contributed by atoms with Crippen molar-refractivity contribution in [2.45, 2.75) is 26.3 Å². The Hall–Kier alpha value is -1.13. The lowest BCUT2D eigenvalue weighted by molar-refractivity contribution is -0.151. The first-order chi connectivity index (χ1) is 8.89. The van der Waals surface area contributed by atoms with Crippen LogP contribution in [0.15, 0.2) is 18.2 Å². The standard InChI is InChI=1S/C14H17ClFNO2/c1-14(13(18)19)3-2-4-17(9-14)8-10-5-11(15)7-12(16)6-10/h5-7H,2-4,8-9H2,1H3,(H,18,19). The number of halogens is 2. The number of carbonyl (C=O) groups is 1. The van der Waals surface area contributed by atoms with Gasteiger partial charge in [-0.3, -0.25) is 9.69 Å². The van der Waals surface area contributed by atoms with Gasteiger partial charge in [-0.2, -0.15) is 0 Å². The van der Waals surface area contributed by atoms with Crippen molar-refractivity contribution < 1.29 is 14.3 Å². The minimum atomic E-state index is -0.769. The van der Waals surface area contributed by atoms with E-state index < -0.39 is 11.4 Å². The Labute approximate surface area is 117 Å². The fourth-order valence-corrected chi connectivity index (χ4v) is 2.86. The largest absolute Gasteiger partial charge is 0.481 e. The Kier molecular flexibility index (Phi) is 4.11. The number of carboxylic acids is 1. The van der Waals surface area contributed by atoms with E-state index in [4.69, 9.17) is 11.6 Å². The van der Waals surface area contributed by atoms with Gasteiger partial charge in [0, 0.05) is 18.1 Å². The number of piperidine rings is 1. The highest BCUT2D eigenvalue weighted by molar-refractivity contribution is 6.30. The highest BCUT2D eigenvalue weighted by Gasteiger charge is 2.37. The fraction of sp³-hybridized carbons (Fsp3) is 0.500. The van der Waals surface area contributed by atoms with E-state index >= 15 is 0 Å². The molecule has 1 aromatic rings. The molecule has 0 bridgehead atoms. The van der Waals surface area contributed by atoms with Crippen LogP contribution in [0.2, 0.25) is 5.02 Å². The average Bonchev–Trinajstić information content (AvgIpc) is 2.27. The molecule has 1 heterocycles. The van der Waals surface area contributed by atoms with Gasteiger partial charge in [0.2, 0.25) is 0 Å². The lowest BCUT2D eigenvalue weighted by Gasteiger charge is -2.37. The van der Waals surface area contributed by atoms with Gasteiger partial charge in [0.1, 0.15) is 5.82 Å².